The van der Waals surface area contributed by atoms with Gasteiger partial charge in [0.15, 0.2) is 5.82 Å². The number of hydrogen-bond acceptors (Lipinski definition) is 4. The molecule has 2 aromatic rings. The molecule has 0 saturated heterocycles. The molecule has 0 radical (unpaired) electrons. The third kappa shape index (κ3) is 4.16. The molecule has 2 aromatic heterocycles. The van der Waals surface area contributed by atoms with Crippen LogP contribution in [0.5, 0.6) is 0 Å². The van der Waals surface area contributed by atoms with Crippen LogP contribution in [0.1, 0.15) is 37.3 Å². The van der Waals surface area contributed by atoms with Crippen LogP contribution in [0.25, 0.3) is 10.7 Å². The van der Waals surface area contributed by atoms with Gasteiger partial charge in [-0.15, -0.1) is 11.3 Å². The molecule has 0 aliphatic carbocycles. The monoisotopic (exact) mass is 479 g/mol. The molecule has 0 atom stereocenters. The van der Waals surface area contributed by atoms with E-state index in [2.05, 4.69) is 70.7 Å². The first-order valence-corrected chi connectivity index (χ1v) is 9.82. The molecular weight excluding hydrogens is 461 g/mol. The van der Waals surface area contributed by atoms with Crippen LogP contribution in [0.3, 0.4) is 0 Å². The fraction of sp³-hybridized carbons (Fsp3) is 0.467. The predicted octanol–water partition coefficient (Wildman–Crippen LogP) is 5.66. The number of aryl methyl sites for hydroxylation is 2. The first kappa shape index (κ1) is 17.1. The summed E-state index contributed by atoms with van der Waals surface area (Å²) in [5.74, 6) is 1.80. The number of hydrogen-bond donors (Lipinski definition) is 1. The smallest absolute Gasteiger partial charge is 0.171 e. The Hall–Kier alpha value is -0.210. The van der Waals surface area contributed by atoms with Gasteiger partial charge in [-0.3, -0.25) is 0 Å². The number of rotatable bonds is 6. The summed E-state index contributed by atoms with van der Waals surface area (Å²) in [6, 6.07) is 2.11. The van der Waals surface area contributed by atoms with Crippen molar-refractivity contribution >= 4 is 55.7 Å². The molecule has 0 amide bonds. The fourth-order valence-electron chi connectivity index (χ4n) is 1.94. The van der Waals surface area contributed by atoms with Crippen molar-refractivity contribution in [3.8, 4) is 10.7 Å². The van der Waals surface area contributed by atoms with Crippen molar-refractivity contribution in [3.05, 3.63) is 24.7 Å². The molecule has 0 spiro atoms. The number of halogens is 2. The molecule has 0 saturated carbocycles. The Morgan fingerprint density at radius 3 is 2.62 bits per heavy atom. The number of nitrogens with one attached hydrogen (secondary N) is 1. The standard InChI is InChI=1S/C15H19BrIN3S/c1-4-6-11-13(17)15(18-7-5-2)20-14(19-11)12-8-10(16)9(3)21-12/h8H,4-7H2,1-3H3,(H,18,19,20). The summed E-state index contributed by atoms with van der Waals surface area (Å²) in [6.45, 7) is 7.39. The van der Waals surface area contributed by atoms with Gasteiger partial charge in [-0.25, -0.2) is 9.97 Å². The van der Waals surface area contributed by atoms with Gasteiger partial charge < -0.3 is 5.32 Å². The summed E-state index contributed by atoms with van der Waals surface area (Å²) in [7, 11) is 0. The van der Waals surface area contributed by atoms with Crippen LogP contribution in [0.4, 0.5) is 5.82 Å². The van der Waals surface area contributed by atoms with Crippen molar-refractivity contribution < 1.29 is 0 Å². The summed E-state index contributed by atoms with van der Waals surface area (Å²) in [6.07, 6.45) is 3.16. The maximum absolute atomic E-state index is 4.79. The molecular formula is C15H19BrIN3S. The Morgan fingerprint density at radius 1 is 1.29 bits per heavy atom. The van der Waals surface area contributed by atoms with Gasteiger partial charge in [-0.05, 0) is 64.4 Å². The second-order valence-electron chi connectivity index (χ2n) is 4.85. The highest BCUT2D eigenvalue weighted by atomic mass is 127. The lowest BCUT2D eigenvalue weighted by Gasteiger charge is -2.11. The van der Waals surface area contributed by atoms with E-state index in [1.807, 2.05) is 0 Å². The molecule has 114 valence electrons. The molecule has 21 heavy (non-hydrogen) atoms. The van der Waals surface area contributed by atoms with Gasteiger partial charge in [-0.2, -0.15) is 0 Å². The van der Waals surface area contributed by atoms with Crippen LogP contribution < -0.4 is 5.32 Å². The number of aromatic nitrogens is 2. The Balaban J connectivity index is 2.47. The Morgan fingerprint density at radius 2 is 2.05 bits per heavy atom. The predicted molar refractivity (Wildman–Crippen MR) is 103 cm³/mol. The largest absolute Gasteiger partial charge is 0.369 e. The van der Waals surface area contributed by atoms with Crippen LogP contribution >= 0.6 is 49.9 Å². The molecule has 0 bridgehead atoms. The normalized spacial score (nSPS) is 10.9. The van der Waals surface area contributed by atoms with Gasteiger partial charge in [0.05, 0.1) is 14.1 Å². The number of thiophene rings is 1. The summed E-state index contributed by atoms with van der Waals surface area (Å²) in [5, 5.41) is 3.43. The van der Waals surface area contributed by atoms with Crippen molar-refractivity contribution in [2.75, 3.05) is 11.9 Å². The lowest BCUT2D eigenvalue weighted by Crippen LogP contribution is -2.09. The second-order valence-corrected chi connectivity index (χ2v) is 8.04. The van der Waals surface area contributed by atoms with Crippen molar-refractivity contribution in [1.82, 2.24) is 9.97 Å². The fourth-order valence-corrected chi connectivity index (χ4v) is 4.11. The van der Waals surface area contributed by atoms with E-state index < -0.39 is 0 Å². The van der Waals surface area contributed by atoms with E-state index in [-0.39, 0.29) is 0 Å². The Labute approximate surface area is 152 Å². The molecule has 6 heteroatoms. The zero-order valence-corrected chi connectivity index (χ0v) is 17.0. The Bertz CT molecular complexity index is 608. The van der Waals surface area contributed by atoms with Crippen LogP contribution in [-0.2, 0) is 6.42 Å². The molecule has 3 nitrogen and oxygen atoms in total. The average Bonchev–Trinajstić information content (AvgIpc) is 2.80. The van der Waals surface area contributed by atoms with E-state index >= 15 is 0 Å². The molecule has 2 rings (SSSR count). The van der Waals surface area contributed by atoms with Crippen molar-refractivity contribution in [1.29, 1.82) is 0 Å². The highest BCUT2D eigenvalue weighted by Crippen LogP contribution is 2.34. The second kappa shape index (κ2) is 7.87. The van der Waals surface area contributed by atoms with Crippen LogP contribution in [0.15, 0.2) is 10.5 Å². The lowest BCUT2D eigenvalue weighted by molar-refractivity contribution is 0.864. The number of nitrogens with zero attached hydrogens (tertiary/aromatic N) is 2. The molecule has 1 N–H and O–H groups in total. The minimum atomic E-state index is 0.830. The van der Waals surface area contributed by atoms with E-state index in [0.717, 1.165) is 56.1 Å². The van der Waals surface area contributed by atoms with Gasteiger partial charge in [0.25, 0.3) is 0 Å². The van der Waals surface area contributed by atoms with Crippen LogP contribution in [0, 0.1) is 10.5 Å². The third-order valence-corrected chi connectivity index (χ3v) is 6.29. The van der Waals surface area contributed by atoms with Crippen molar-refractivity contribution in [2.24, 2.45) is 0 Å². The SMILES string of the molecule is CCCNc1nc(-c2cc(Br)c(C)s2)nc(CCC)c1I. The molecule has 0 aliphatic heterocycles. The highest BCUT2D eigenvalue weighted by Gasteiger charge is 2.15. The molecule has 2 heterocycles. The minimum absolute atomic E-state index is 0.830. The van der Waals surface area contributed by atoms with E-state index in [4.69, 9.17) is 9.97 Å². The van der Waals surface area contributed by atoms with Gasteiger partial charge in [0, 0.05) is 15.9 Å². The molecule has 0 fully saturated rings. The average molecular weight is 480 g/mol. The first-order chi connectivity index (χ1) is 10.1. The molecule has 0 unspecified atom stereocenters. The lowest BCUT2D eigenvalue weighted by atomic mass is 10.2. The molecule has 0 aliphatic rings. The quantitative estimate of drug-likeness (QED) is 0.543. The first-order valence-electron chi connectivity index (χ1n) is 7.13. The summed E-state index contributed by atoms with van der Waals surface area (Å²) in [4.78, 5) is 11.9. The maximum Gasteiger partial charge on any atom is 0.171 e. The topological polar surface area (TPSA) is 37.8 Å². The van der Waals surface area contributed by atoms with Crippen LogP contribution in [-0.4, -0.2) is 16.5 Å². The van der Waals surface area contributed by atoms with Gasteiger partial charge in [0.2, 0.25) is 0 Å². The van der Waals surface area contributed by atoms with Gasteiger partial charge in [-0.1, -0.05) is 20.3 Å². The van der Waals surface area contributed by atoms with Crippen molar-refractivity contribution in [3.63, 3.8) is 0 Å². The highest BCUT2D eigenvalue weighted by molar-refractivity contribution is 14.1. The third-order valence-electron chi connectivity index (χ3n) is 3.03. The van der Waals surface area contributed by atoms with E-state index in [1.54, 1.807) is 11.3 Å². The molecule has 0 aromatic carbocycles. The van der Waals surface area contributed by atoms with E-state index in [9.17, 15) is 0 Å². The minimum Gasteiger partial charge on any atom is -0.369 e. The summed E-state index contributed by atoms with van der Waals surface area (Å²) < 4.78 is 2.28. The van der Waals surface area contributed by atoms with Crippen molar-refractivity contribution in [2.45, 2.75) is 40.0 Å². The summed E-state index contributed by atoms with van der Waals surface area (Å²) in [5.41, 5.74) is 1.14. The zero-order valence-electron chi connectivity index (χ0n) is 12.5. The number of anilines is 1. The van der Waals surface area contributed by atoms with Crippen LogP contribution in [0.2, 0.25) is 0 Å². The van der Waals surface area contributed by atoms with Gasteiger partial charge in [0.1, 0.15) is 5.82 Å². The Kier molecular flexibility index (Phi) is 6.43. The van der Waals surface area contributed by atoms with Gasteiger partial charge >= 0.3 is 0 Å². The zero-order chi connectivity index (χ0) is 15.4. The van der Waals surface area contributed by atoms with E-state index in [1.165, 1.54) is 4.88 Å². The maximum atomic E-state index is 4.79. The summed E-state index contributed by atoms with van der Waals surface area (Å²) >= 11 is 7.66. The van der Waals surface area contributed by atoms with E-state index in [0.29, 0.717) is 0 Å².